The Hall–Kier alpha value is -2.18. The monoisotopic (exact) mass is 315 g/mol. The summed E-state index contributed by atoms with van der Waals surface area (Å²) in [5.74, 6) is -0.371. The third-order valence-electron chi connectivity index (χ3n) is 4.03. The topological polar surface area (TPSA) is 74.6 Å². The lowest BCUT2D eigenvalue weighted by atomic mass is 10.2. The molecule has 0 radical (unpaired) electrons. The van der Waals surface area contributed by atoms with Gasteiger partial charge in [-0.15, -0.1) is 0 Å². The van der Waals surface area contributed by atoms with Gasteiger partial charge in [0, 0.05) is 38.1 Å². The Morgan fingerprint density at radius 3 is 2.87 bits per heavy atom. The van der Waals surface area contributed by atoms with Gasteiger partial charge in [-0.2, -0.15) is 0 Å². The zero-order valence-electron chi connectivity index (χ0n) is 13.0. The number of nitrogens with zero attached hydrogens (tertiary/aromatic N) is 1. The molecule has 1 aromatic carbocycles. The first-order valence-electron chi connectivity index (χ1n) is 7.98. The fraction of sp³-hybridized carbons (Fsp3) is 0.412. The smallest absolute Gasteiger partial charge is 0.349 e. The van der Waals surface area contributed by atoms with Crippen LogP contribution in [0.1, 0.15) is 16.8 Å². The third-order valence-corrected chi connectivity index (χ3v) is 4.03. The quantitative estimate of drug-likeness (QED) is 0.631. The Morgan fingerprint density at radius 1 is 1.26 bits per heavy atom. The van der Waals surface area contributed by atoms with Gasteiger partial charge in [0.1, 0.15) is 11.1 Å². The molecule has 23 heavy (non-hydrogen) atoms. The van der Waals surface area contributed by atoms with Crippen molar-refractivity contribution in [3.8, 4) is 0 Å². The molecule has 0 bridgehead atoms. The molecule has 2 aromatic rings. The van der Waals surface area contributed by atoms with Crippen molar-refractivity contribution in [3.63, 3.8) is 0 Å². The van der Waals surface area contributed by atoms with E-state index in [0.717, 1.165) is 44.5 Å². The van der Waals surface area contributed by atoms with Crippen LogP contribution in [-0.2, 0) is 0 Å². The number of nitrogens with one attached hydrogen (secondary N) is 2. The fourth-order valence-corrected chi connectivity index (χ4v) is 2.75. The predicted octanol–water partition coefficient (Wildman–Crippen LogP) is 0.818. The van der Waals surface area contributed by atoms with Gasteiger partial charge < -0.3 is 20.0 Å². The maximum absolute atomic E-state index is 12.2. The molecule has 1 amide bonds. The minimum absolute atomic E-state index is 0.0610. The lowest BCUT2D eigenvalue weighted by Gasteiger charge is -2.27. The number of hydrogen-bond acceptors (Lipinski definition) is 5. The Labute approximate surface area is 134 Å². The number of hydrogen-bond donors (Lipinski definition) is 2. The van der Waals surface area contributed by atoms with Gasteiger partial charge in [-0.05, 0) is 25.1 Å². The van der Waals surface area contributed by atoms with Gasteiger partial charge in [0.05, 0.1) is 0 Å². The van der Waals surface area contributed by atoms with Crippen molar-refractivity contribution in [2.45, 2.75) is 6.42 Å². The molecule has 2 N–H and O–H groups in total. The van der Waals surface area contributed by atoms with E-state index in [1.807, 2.05) is 12.1 Å². The van der Waals surface area contributed by atoms with Gasteiger partial charge >= 0.3 is 5.63 Å². The van der Waals surface area contributed by atoms with E-state index in [2.05, 4.69) is 15.5 Å². The molecule has 6 heteroatoms. The van der Waals surface area contributed by atoms with Crippen molar-refractivity contribution >= 4 is 16.9 Å². The van der Waals surface area contributed by atoms with E-state index < -0.39 is 5.63 Å². The van der Waals surface area contributed by atoms with Gasteiger partial charge in [-0.1, -0.05) is 18.2 Å². The van der Waals surface area contributed by atoms with E-state index in [0.29, 0.717) is 12.1 Å². The largest absolute Gasteiger partial charge is 0.422 e. The summed E-state index contributed by atoms with van der Waals surface area (Å²) in [6.45, 7) is 5.63. The molecule has 0 aliphatic carbocycles. The van der Waals surface area contributed by atoms with Crippen molar-refractivity contribution in [2.75, 3.05) is 39.3 Å². The average molecular weight is 315 g/mol. The number of carbonyl (C=O) groups is 1. The second kappa shape index (κ2) is 7.39. The molecule has 0 unspecified atom stereocenters. The molecular formula is C17H21N3O3. The van der Waals surface area contributed by atoms with Crippen LogP contribution < -0.4 is 16.3 Å². The molecule has 0 saturated carbocycles. The number of para-hydroxylation sites is 1. The number of fused-ring (bicyclic) bond motifs is 1. The minimum atomic E-state index is -0.594. The first-order valence-corrected chi connectivity index (χ1v) is 7.98. The summed E-state index contributed by atoms with van der Waals surface area (Å²) in [6, 6.07) is 8.76. The lowest BCUT2D eigenvalue weighted by Crippen LogP contribution is -2.44. The summed E-state index contributed by atoms with van der Waals surface area (Å²) in [6.07, 6.45) is 0.866. The van der Waals surface area contributed by atoms with Gasteiger partial charge in [0.2, 0.25) is 0 Å². The van der Waals surface area contributed by atoms with Crippen LogP contribution in [0, 0.1) is 0 Å². The Balaban J connectivity index is 1.55. The number of carbonyl (C=O) groups excluding carboxylic acids is 1. The Kier molecular flexibility index (Phi) is 5.05. The molecule has 2 heterocycles. The fourth-order valence-electron chi connectivity index (χ4n) is 2.75. The van der Waals surface area contributed by atoms with Crippen molar-refractivity contribution in [1.82, 2.24) is 15.5 Å². The van der Waals surface area contributed by atoms with Crippen molar-refractivity contribution in [2.24, 2.45) is 0 Å². The second-order valence-corrected chi connectivity index (χ2v) is 5.69. The summed E-state index contributed by atoms with van der Waals surface area (Å²) < 4.78 is 5.18. The van der Waals surface area contributed by atoms with E-state index in [9.17, 15) is 9.59 Å². The van der Waals surface area contributed by atoms with E-state index in [-0.39, 0.29) is 11.5 Å². The Morgan fingerprint density at radius 2 is 2.04 bits per heavy atom. The van der Waals surface area contributed by atoms with Crippen LogP contribution in [0.3, 0.4) is 0 Å². The van der Waals surface area contributed by atoms with E-state index in [1.54, 1.807) is 18.2 Å². The molecule has 1 aromatic heterocycles. The van der Waals surface area contributed by atoms with Gasteiger partial charge in [0.25, 0.3) is 5.91 Å². The van der Waals surface area contributed by atoms with Crippen LogP contribution in [0.5, 0.6) is 0 Å². The normalized spacial score (nSPS) is 15.7. The van der Waals surface area contributed by atoms with Crippen LogP contribution >= 0.6 is 0 Å². The van der Waals surface area contributed by atoms with Gasteiger partial charge in [-0.25, -0.2) is 4.79 Å². The van der Waals surface area contributed by atoms with Crippen molar-refractivity contribution in [3.05, 3.63) is 46.3 Å². The molecule has 6 nitrogen and oxygen atoms in total. The van der Waals surface area contributed by atoms with Crippen molar-refractivity contribution < 1.29 is 9.21 Å². The minimum Gasteiger partial charge on any atom is -0.422 e. The van der Waals surface area contributed by atoms with Crippen LogP contribution in [-0.4, -0.2) is 50.1 Å². The molecule has 1 saturated heterocycles. The highest BCUT2D eigenvalue weighted by molar-refractivity contribution is 5.96. The highest BCUT2D eigenvalue weighted by Gasteiger charge is 2.13. The second-order valence-electron chi connectivity index (χ2n) is 5.69. The molecular weight excluding hydrogens is 294 g/mol. The van der Waals surface area contributed by atoms with Crippen LogP contribution in [0.25, 0.3) is 11.0 Å². The van der Waals surface area contributed by atoms with E-state index >= 15 is 0 Å². The summed E-state index contributed by atoms with van der Waals surface area (Å²) in [7, 11) is 0. The molecule has 1 aliphatic heterocycles. The van der Waals surface area contributed by atoms with E-state index in [1.165, 1.54) is 0 Å². The predicted molar refractivity (Wildman–Crippen MR) is 88.7 cm³/mol. The summed E-state index contributed by atoms with van der Waals surface area (Å²) in [5.41, 5.74) is -0.0399. The zero-order chi connectivity index (χ0) is 16.1. The van der Waals surface area contributed by atoms with Crippen molar-refractivity contribution in [1.29, 1.82) is 0 Å². The standard InChI is InChI=1S/C17H21N3O3/c21-16(19-6-3-9-20-10-7-18-8-11-20)14-12-13-4-1-2-5-15(13)23-17(14)22/h1-2,4-5,12,18H,3,6-11H2,(H,19,21). The molecule has 3 rings (SSSR count). The SMILES string of the molecule is O=C(NCCCN1CCNCC1)c1cc2ccccc2oc1=O. The summed E-state index contributed by atoms with van der Waals surface area (Å²) >= 11 is 0. The highest BCUT2D eigenvalue weighted by atomic mass is 16.4. The Bertz CT molecular complexity index is 735. The van der Waals surface area contributed by atoms with Crippen LogP contribution in [0.4, 0.5) is 0 Å². The van der Waals surface area contributed by atoms with Crippen LogP contribution in [0.2, 0.25) is 0 Å². The molecule has 1 fully saturated rings. The zero-order valence-corrected chi connectivity index (χ0v) is 13.0. The molecule has 0 atom stereocenters. The maximum Gasteiger partial charge on any atom is 0.349 e. The molecule has 0 spiro atoms. The first kappa shape index (κ1) is 15.7. The summed E-state index contributed by atoms with van der Waals surface area (Å²) in [4.78, 5) is 26.4. The number of benzene rings is 1. The third kappa shape index (κ3) is 3.97. The maximum atomic E-state index is 12.2. The van der Waals surface area contributed by atoms with Gasteiger partial charge in [0.15, 0.2) is 0 Å². The number of amides is 1. The number of rotatable bonds is 5. The van der Waals surface area contributed by atoms with Gasteiger partial charge in [-0.3, -0.25) is 4.79 Å². The first-order chi connectivity index (χ1) is 11.2. The average Bonchev–Trinajstić information content (AvgIpc) is 2.59. The highest BCUT2D eigenvalue weighted by Crippen LogP contribution is 2.12. The molecule has 1 aliphatic rings. The lowest BCUT2D eigenvalue weighted by molar-refractivity contribution is 0.0947. The summed E-state index contributed by atoms with van der Waals surface area (Å²) in [5, 5.41) is 6.86. The number of piperazine rings is 1. The molecule has 122 valence electrons. The van der Waals surface area contributed by atoms with Crippen LogP contribution in [0.15, 0.2) is 39.5 Å². The van der Waals surface area contributed by atoms with E-state index in [4.69, 9.17) is 4.42 Å².